The molecule has 0 aliphatic carbocycles. The number of nitrogens with zero attached hydrogens (tertiary/aromatic N) is 1. The first-order chi connectivity index (χ1) is 14.5. The summed E-state index contributed by atoms with van der Waals surface area (Å²) in [7, 11) is 1.38. The third-order valence-electron chi connectivity index (χ3n) is 5.91. The molecule has 0 atom stereocenters. The number of fused-ring (bicyclic) bond motifs is 1. The number of piperidine rings is 1. The molecule has 1 aromatic heterocycles. The van der Waals surface area contributed by atoms with Gasteiger partial charge in [0, 0.05) is 23.6 Å². The monoisotopic (exact) mass is 410 g/mol. The van der Waals surface area contributed by atoms with Crippen LogP contribution in [0.5, 0.6) is 5.75 Å². The quantitative estimate of drug-likeness (QED) is 0.601. The highest BCUT2D eigenvalue weighted by Gasteiger charge is 2.23. The lowest BCUT2D eigenvalue weighted by molar-refractivity contribution is 0.0595. The Morgan fingerprint density at radius 1 is 1.20 bits per heavy atom. The molecule has 1 fully saturated rings. The molecule has 2 aromatic carbocycles. The normalized spacial score (nSPS) is 15.4. The maximum Gasteiger partial charge on any atom is 0.341 e. The largest absolute Gasteiger partial charge is 0.491 e. The molecule has 30 heavy (non-hydrogen) atoms. The number of rotatable bonds is 6. The number of H-pyrrole nitrogens is 1. The third kappa shape index (κ3) is 4.33. The van der Waals surface area contributed by atoms with Crippen LogP contribution in [0.3, 0.4) is 0 Å². The summed E-state index contributed by atoms with van der Waals surface area (Å²) in [5, 5.41) is 0.992. The van der Waals surface area contributed by atoms with Crippen LogP contribution in [0.4, 0.5) is 4.39 Å². The van der Waals surface area contributed by atoms with E-state index in [4.69, 9.17) is 9.47 Å². The van der Waals surface area contributed by atoms with Gasteiger partial charge in [-0.05, 0) is 74.7 Å². The summed E-state index contributed by atoms with van der Waals surface area (Å²) in [6.45, 7) is 5.17. The number of nitrogens with one attached hydrogen (secondary N) is 1. The number of ether oxygens (including phenoxy) is 2. The van der Waals surface area contributed by atoms with Crippen molar-refractivity contribution in [3.05, 3.63) is 65.1 Å². The number of aromatic nitrogens is 1. The van der Waals surface area contributed by atoms with Gasteiger partial charge in [0.25, 0.3) is 0 Å². The fourth-order valence-electron chi connectivity index (χ4n) is 4.24. The summed E-state index contributed by atoms with van der Waals surface area (Å²) in [5.41, 5.74) is 3.65. The molecule has 1 saturated heterocycles. The number of hydrogen-bond acceptors (Lipinski definition) is 4. The molecule has 1 aliphatic rings. The lowest BCUT2D eigenvalue weighted by atomic mass is 9.89. The summed E-state index contributed by atoms with van der Waals surface area (Å²) in [6.07, 6.45) is 4.09. The van der Waals surface area contributed by atoms with Crippen molar-refractivity contribution in [2.24, 2.45) is 0 Å². The second-order valence-electron chi connectivity index (χ2n) is 7.89. The molecule has 5 nitrogen and oxygen atoms in total. The van der Waals surface area contributed by atoms with Crippen LogP contribution in [0, 0.1) is 12.7 Å². The van der Waals surface area contributed by atoms with Gasteiger partial charge in [0.05, 0.1) is 7.11 Å². The van der Waals surface area contributed by atoms with E-state index in [9.17, 15) is 9.18 Å². The Kier molecular flexibility index (Phi) is 6.04. The van der Waals surface area contributed by atoms with Crippen LogP contribution in [0.1, 0.15) is 40.2 Å². The Morgan fingerprint density at radius 3 is 2.77 bits per heavy atom. The molecule has 0 bridgehead atoms. The molecule has 1 aliphatic heterocycles. The first-order valence-electron chi connectivity index (χ1n) is 10.4. The first kappa shape index (κ1) is 20.4. The molecule has 3 aromatic rings. The summed E-state index contributed by atoms with van der Waals surface area (Å²) >= 11 is 0. The van der Waals surface area contributed by atoms with Crippen molar-refractivity contribution in [1.29, 1.82) is 0 Å². The van der Waals surface area contributed by atoms with Gasteiger partial charge in [-0.3, -0.25) is 4.90 Å². The second-order valence-corrected chi connectivity index (χ2v) is 7.89. The van der Waals surface area contributed by atoms with Crippen molar-refractivity contribution >= 4 is 16.9 Å². The molecule has 0 amide bonds. The lowest BCUT2D eigenvalue weighted by Gasteiger charge is -2.31. The topological polar surface area (TPSA) is 54.6 Å². The van der Waals surface area contributed by atoms with Gasteiger partial charge in [-0.25, -0.2) is 9.18 Å². The van der Waals surface area contributed by atoms with Gasteiger partial charge >= 0.3 is 5.97 Å². The molecule has 2 heterocycles. The zero-order chi connectivity index (χ0) is 21.1. The third-order valence-corrected chi connectivity index (χ3v) is 5.91. The van der Waals surface area contributed by atoms with Crippen molar-refractivity contribution in [1.82, 2.24) is 9.88 Å². The highest BCUT2D eigenvalue weighted by Crippen LogP contribution is 2.33. The van der Waals surface area contributed by atoms with E-state index >= 15 is 0 Å². The van der Waals surface area contributed by atoms with Crippen LogP contribution in [0.25, 0.3) is 10.9 Å². The number of carbonyl (C=O) groups is 1. The van der Waals surface area contributed by atoms with Crippen molar-refractivity contribution in [3.63, 3.8) is 0 Å². The predicted octanol–water partition coefficient (Wildman–Crippen LogP) is 4.66. The minimum absolute atomic E-state index is 0.194. The van der Waals surface area contributed by atoms with E-state index in [1.54, 1.807) is 18.2 Å². The summed E-state index contributed by atoms with van der Waals surface area (Å²) in [6, 6.07) is 10.5. The number of aromatic amines is 1. The number of carbonyl (C=O) groups excluding carboxylic acids is 1. The molecule has 0 spiro atoms. The van der Waals surface area contributed by atoms with Gasteiger partial charge < -0.3 is 14.5 Å². The van der Waals surface area contributed by atoms with Gasteiger partial charge in [-0.1, -0.05) is 11.6 Å². The van der Waals surface area contributed by atoms with Crippen molar-refractivity contribution < 1.29 is 18.7 Å². The second kappa shape index (κ2) is 8.88. The number of aryl methyl sites for hydroxylation is 1. The van der Waals surface area contributed by atoms with Gasteiger partial charge in [0.15, 0.2) is 0 Å². The minimum atomic E-state index is -0.385. The fourth-order valence-corrected chi connectivity index (χ4v) is 4.24. The Balaban J connectivity index is 1.32. The van der Waals surface area contributed by atoms with E-state index in [1.807, 2.05) is 25.3 Å². The van der Waals surface area contributed by atoms with E-state index in [1.165, 1.54) is 18.7 Å². The average molecular weight is 410 g/mol. The number of halogens is 1. The van der Waals surface area contributed by atoms with Gasteiger partial charge in [0.2, 0.25) is 0 Å². The molecule has 0 radical (unpaired) electrons. The van der Waals surface area contributed by atoms with Crippen LogP contribution in [-0.4, -0.2) is 49.2 Å². The van der Waals surface area contributed by atoms with Crippen LogP contribution >= 0.6 is 0 Å². The molecule has 1 N–H and O–H groups in total. The zero-order valence-electron chi connectivity index (χ0n) is 17.4. The smallest absolute Gasteiger partial charge is 0.341 e. The van der Waals surface area contributed by atoms with Gasteiger partial charge in [0.1, 0.15) is 23.7 Å². The Morgan fingerprint density at radius 2 is 2.00 bits per heavy atom. The minimum Gasteiger partial charge on any atom is -0.491 e. The molecular formula is C24H27FN2O3. The molecule has 158 valence electrons. The van der Waals surface area contributed by atoms with Gasteiger partial charge in [-0.15, -0.1) is 0 Å². The van der Waals surface area contributed by atoms with E-state index in [0.717, 1.165) is 48.9 Å². The maximum absolute atomic E-state index is 13.7. The average Bonchev–Trinajstić information content (AvgIpc) is 3.17. The standard InChI is InChI=1S/C24H27FN2O3/c1-16-3-6-23(20(13-16)24(28)29-2)30-12-11-27-9-7-17(8-10-27)21-15-26-22-5-4-18(25)14-19(21)22/h3-6,13-15,17,26H,7-12H2,1-2H3. The SMILES string of the molecule is COC(=O)c1cc(C)ccc1OCCN1CCC(c2c[nH]c3ccc(F)cc23)CC1. The highest BCUT2D eigenvalue weighted by molar-refractivity contribution is 5.92. The molecule has 6 heteroatoms. The fraction of sp³-hybridized carbons (Fsp3) is 0.375. The van der Waals surface area contributed by atoms with E-state index in [-0.39, 0.29) is 11.8 Å². The molecule has 4 rings (SSSR count). The maximum atomic E-state index is 13.7. The lowest BCUT2D eigenvalue weighted by Crippen LogP contribution is -2.35. The summed E-state index contributed by atoms with van der Waals surface area (Å²) in [4.78, 5) is 17.6. The van der Waals surface area contributed by atoms with Crippen LogP contribution in [-0.2, 0) is 4.74 Å². The van der Waals surface area contributed by atoms with E-state index in [2.05, 4.69) is 9.88 Å². The van der Waals surface area contributed by atoms with Crippen molar-refractivity contribution in [2.75, 3.05) is 33.4 Å². The molecule has 0 unspecified atom stereocenters. The van der Waals surface area contributed by atoms with Crippen molar-refractivity contribution in [2.45, 2.75) is 25.7 Å². The number of hydrogen-bond donors (Lipinski definition) is 1. The van der Waals surface area contributed by atoms with E-state index in [0.29, 0.717) is 23.8 Å². The Hall–Kier alpha value is -2.86. The van der Waals surface area contributed by atoms with Crippen LogP contribution in [0.2, 0.25) is 0 Å². The van der Waals surface area contributed by atoms with E-state index < -0.39 is 0 Å². The Bertz CT molecular complexity index is 1040. The van der Waals surface area contributed by atoms with Crippen LogP contribution in [0.15, 0.2) is 42.6 Å². The number of esters is 1. The molecular weight excluding hydrogens is 383 g/mol. The zero-order valence-corrected chi connectivity index (χ0v) is 17.4. The van der Waals surface area contributed by atoms with Crippen LogP contribution < -0.4 is 4.74 Å². The predicted molar refractivity (Wildman–Crippen MR) is 115 cm³/mol. The summed E-state index contributed by atoms with van der Waals surface area (Å²) in [5.74, 6) is 0.411. The summed E-state index contributed by atoms with van der Waals surface area (Å²) < 4.78 is 24.4. The number of methoxy groups -OCH3 is 1. The first-order valence-corrected chi connectivity index (χ1v) is 10.4. The number of benzene rings is 2. The molecule has 0 saturated carbocycles. The Labute approximate surface area is 175 Å². The highest BCUT2D eigenvalue weighted by atomic mass is 19.1. The van der Waals surface area contributed by atoms with Crippen molar-refractivity contribution in [3.8, 4) is 5.75 Å². The number of likely N-dealkylation sites (tertiary alicyclic amines) is 1. The van der Waals surface area contributed by atoms with Gasteiger partial charge in [-0.2, -0.15) is 0 Å².